The van der Waals surface area contributed by atoms with Gasteiger partial charge < -0.3 is 9.84 Å². The number of sulfone groups is 1. The van der Waals surface area contributed by atoms with Crippen LogP contribution in [0.4, 0.5) is 0 Å². The van der Waals surface area contributed by atoms with Crippen LogP contribution in [0, 0.1) is 0 Å². The van der Waals surface area contributed by atoms with E-state index >= 15 is 0 Å². The Morgan fingerprint density at radius 1 is 1.59 bits per heavy atom. The fourth-order valence-corrected chi connectivity index (χ4v) is 1.72. The molecule has 0 saturated heterocycles. The summed E-state index contributed by atoms with van der Waals surface area (Å²) in [6, 6.07) is 0. The van der Waals surface area contributed by atoms with E-state index in [9.17, 15) is 13.5 Å². The highest BCUT2D eigenvalue weighted by Crippen LogP contribution is 2.16. The van der Waals surface area contributed by atoms with E-state index in [0.717, 1.165) is 6.26 Å². The maximum atomic E-state index is 11.2. The van der Waals surface area contributed by atoms with Crippen molar-refractivity contribution in [2.24, 2.45) is 0 Å². The molecule has 17 heavy (non-hydrogen) atoms. The number of methoxy groups -OCH3 is 1. The quantitative estimate of drug-likeness (QED) is 0.812. The van der Waals surface area contributed by atoms with Gasteiger partial charge in [-0.2, -0.15) is 5.10 Å². The molecule has 1 unspecified atom stereocenters. The van der Waals surface area contributed by atoms with Crippen molar-refractivity contribution in [3.8, 4) is 0 Å². The van der Waals surface area contributed by atoms with Crippen LogP contribution in [0.15, 0.2) is 17.3 Å². The maximum absolute atomic E-state index is 11.2. The topological polar surface area (TPSA) is 81.4 Å². The number of hydrogen-bond donors (Lipinski definition) is 1. The van der Waals surface area contributed by atoms with Crippen molar-refractivity contribution in [3.05, 3.63) is 12.4 Å². The van der Waals surface area contributed by atoms with E-state index < -0.39 is 21.5 Å². The molecule has 0 saturated carbocycles. The molecule has 0 amide bonds. The number of aliphatic hydroxyl groups excluding tert-OH is 1. The molecule has 7 heteroatoms. The molecule has 6 nitrogen and oxygen atoms in total. The second-order valence-electron chi connectivity index (χ2n) is 4.49. The minimum absolute atomic E-state index is 0.139. The lowest BCUT2D eigenvalue weighted by Gasteiger charge is -2.28. The van der Waals surface area contributed by atoms with Gasteiger partial charge in [-0.25, -0.2) is 8.42 Å². The van der Waals surface area contributed by atoms with E-state index in [4.69, 9.17) is 4.74 Å². The monoisotopic (exact) mass is 262 g/mol. The van der Waals surface area contributed by atoms with Crippen molar-refractivity contribution < 1.29 is 18.3 Å². The van der Waals surface area contributed by atoms with Crippen LogP contribution in [0.3, 0.4) is 0 Å². The number of hydrogen-bond acceptors (Lipinski definition) is 5. The van der Waals surface area contributed by atoms with E-state index in [2.05, 4.69) is 5.10 Å². The standard InChI is InChI=1S/C10H18N2O4S/c1-10(2,16-3)9(13)7-12-6-8(5-11-12)17(4,14)15/h5-6,9,13H,7H2,1-4H3. The lowest BCUT2D eigenvalue weighted by Crippen LogP contribution is -2.41. The molecule has 0 fully saturated rings. The average molecular weight is 262 g/mol. The Hall–Kier alpha value is -0.920. The van der Waals surface area contributed by atoms with Crippen LogP contribution in [0.5, 0.6) is 0 Å². The van der Waals surface area contributed by atoms with E-state index in [0.29, 0.717) is 0 Å². The Balaban J connectivity index is 2.81. The van der Waals surface area contributed by atoms with Gasteiger partial charge in [0.25, 0.3) is 0 Å². The molecule has 0 aliphatic heterocycles. The van der Waals surface area contributed by atoms with Crippen LogP contribution in [-0.4, -0.2) is 48.4 Å². The molecule has 1 atom stereocenters. The van der Waals surface area contributed by atoms with Gasteiger partial charge in [0.15, 0.2) is 9.84 Å². The zero-order valence-corrected chi connectivity index (χ0v) is 11.2. The summed E-state index contributed by atoms with van der Waals surface area (Å²) in [5.41, 5.74) is -0.711. The van der Waals surface area contributed by atoms with Gasteiger partial charge in [0.05, 0.1) is 18.3 Å². The van der Waals surface area contributed by atoms with Gasteiger partial charge in [-0.3, -0.25) is 4.68 Å². The van der Waals surface area contributed by atoms with E-state index in [1.54, 1.807) is 13.8 Å². The van der Waals surface area contributed by atoms with Crippen molar-refractivity contribution in [3.63, 3.8) is 0 Å². The first-order valence-corrected chi connectivity index (χ1v) is 7.01. The number of nitrogens with zero attached hydrogens (tertiary/aromatic N) is 2. The molecule has 0 aliphatic rings. The van der Waals surface area contributed by atoms with E-state index in [1.165, 1.54) is 24.2 Å². The highest BCUT2D eigenvalue weighted by Gasteiger charge is 2.28. The Morgan fingerprint density at radius 2 is 2.18 bits per heavy atom. The van der Waals surface area contributed by atoms with E-state index in [-0.39, 0.29) is 11.4 Å². The zero-order chi connectivity index (χ0) is 13.3. The minimum atomic E-state index is -3.26. The maximum Gasteiger partial charge on any atom is 0.178 e. The number of rotatable bonds is 5. The van der Waals surface area contributed by atoms with E-state index in [1.807, 2.05) is 0 Å². The molecule has 0 spiro atoms. The molecular weight excluding hydrogens is 244 g/mol. The fraction of sp³-hybridized carbons (Fsp3) is 0.700. The van der Waals surface area contributed by atoms with Gasteiger partial charge in [0.2, 0.25) is 0 Å². The zero-order valence-electron chi connectivity index (χ0n) is 10.4. The Bertz CT molecular complexity index is 478. The molecule has 0 radical (unpaired) electrons. The first kappa shape index (κ1) is 14.1. The largest absolute Gasteiger partial charge is 0.388 e. The number of ether oxygens (including phenoxy) is 1. The van der Waals surface area contributed by atoms with Gasteiger partial charge in [-0.15, -0.1) is 0 Å². The highest BCUT2D eigenvalue weighted by molar-refractivity contribution is 7.90. The average Bonchev–Trinajstić information content (AvgIpc) is 2.65. The van der Waals surface area contributed by atoms with Crippen molar-refractivity contribution in [2.45, 2.75) is 37.0 Å². The Labute approximate surface area is 101 Å². The molecular formula is C10H18N2O4S. The van der Waals surface area contributed by atoms with Crippen LogP contribution < -0.4 is 0 Å². The van der Waals surface area contributed by atoms with Gasteiger partial charge >= 0.3 is 0 Å². The first-order valence-electron chi connectivity index (χ1n) is 5.12. The first-order chi connectivity index (χ1) is 7.66. The van der Waals surface area contributed by atoms with Crippen LogP contribution in [0.25, 0.3) is 0 Å². The summed E-state index contributed by atoms with van der Waals surface area (Å²) < 4.78 is 29.0. The molecule has 98 valence electrons. The molecule has 1 aromatic rings. The molecule has 0 aromatic carbocycles. The van der Waals surface area contributed by atoms with Gasteiger partial charge in [-0.05, 0) is 13.8 Å². The third-order valence-electron chi connectivity index (χ3n) is 2.73. The lowest BCUT2D eigenvalue weighted by molar-refractivity contribution is -0.0843. The second kappa shape index (κ2) is 4.75. The summed E-state index contributed by atoms with van der Waals surface area (Å²) in [4.78, 5) is 0.139. The highest BCUT2D eigenvalue weighted by atomic mass is 32.2. The molecule has 1 aromatic heterocycles. The summed E-state index contributed by atoms with van der Waals surface area (Å²) in [5.74, 6) is 0. The van der Waals surface area contributed by atoms with Crippen LogP contribution in [-0.2, 0) is 21.1 Å². The summed E-state index contributed by atoms with van der Waals surface area (Å²) in [5, 5.41) is 13.8. The third kappa shape index (κ3) is 3.52. The minimum Gasteiger partial charge on any atom is -0.388 e. The normalized spacial score (nSPS) is 14.9. The molecule has 0 bridgehead atoms. The van der Waals surface area contributed by atoms with Crippen molar-refractivity contribution in [1.82, 2.24) is 9.78 Å². The summed E-state index contributed by atoms with van der Waals surface area (Å²) >= 11 is 0. The summed E-state index contributed by atoms with van der Waals surface area (Å²) in [6.45, 7) is 3.67. The number of aromatic nitrogens is 2. The summed E-state index contributed by atoms with van der Waals surface area (Å²) in [6.07, 6.45) is 3.00. The Morgan fingerprint density at radius 3 is 2.59 bits per heavy atom. The molecule has 1 heterocycles. The third-order valence-corrected chi connectivity index (χ3v) is 3.79. The van der Waals surface area contributed by atoms with Gasteiger partial charge in [0, 0.05) is 19.6 Å². The van der Waals surface area contributed by atoms with Crippen LogP contribution >= 0.6 is 0 Å². The fourth-order valence-electron chi connectivity index (χ4n) is 1.17. The second-order valence-corrected chi connectivity index (χ2v) is 6.51. The van der Waals surface area contributed by atoms with Crippen molar-refractivity contribution in [1.29, 1.82) is 0 Å². The lowest BCUT2D eigenvalue weighted by atomic mass is 10.0. The molecule has 1 N–H and O–H groups in total. The van der Waals surface area contributed by atoms with Crippen molar-refractivity contribution in [2.75, 3.05) is 13.4 Å². The van der Waals surface area contributed by atoms with Crippen LogP contribution in [0.2, 0.25) is 0 Å². The van der Waals surface area contributed by atoms with Crippen LogP contribution in [0.1, 0.15) is 13.8 Å². The molecule has 1 rings (SSSR count). The van der Waals surface area contributed by atoms with Gasteiger partial charge in [0.1, 0.15) is 11.0 Å². The predicted molar refractivity (Wildman–Crippen MR) is 62.4 cm³/mol. The predicted octanol–water partition coefficient (Wildman–Crippen LogP) is 0.0725. The number of aliphatic hydroxyl groups is 1. The van der Waals surface area contributed by atoms with Gasteiger partial charge in [-0.1, -0.05) is 0 Å². The smallest absolute Gasteiger partial charge is 0.178 e. The molecule has 0 aliphatic carbocycles. The summed E-state index contributed by atoms with van der Waals surface area (Å²) in [7, 11) is -1.75. The van der Waals surface area contributed by atoms with Crippen molar-refractivity contribution >= 4 is 9.84 Å². The SMILES string of the molecule is COC(C)(C)C(O)Cn1cc(S(C)(=O)=O)cn1. The Kier molecular flexibility index (Phi) is 3.95.